The second-order valence-corrected chi connectivity index (χ2v) is 11.8. The second-order valence-electron chi connectivity index (χ2n) is 11.8. The molecule has 0 amide bonds. The van der Waals surface area contributed by atoms with Crippen molar-refractivity contribution in [1.82, 2.24) is 19.8 Å². The fourth-order valence-electron chi connectivity index (χ4n) is 7.41. The Bertz CT molecular complexity index is 1770. The summed E-state index contributed by atoms with van der Waals surface area (Å²) in [5, 5.41) is 2.54. The molecule has 6 heteroatoms. The first-order chi connectivity index (χ1) is 21.6. The van der Waals surface area contributed by atoms with Crippen LogP contribution in [0.15, 0.2) is 97.1 Å². The quantitative estimate of drug-likeness (QED) is 0.192. The number of hydrogen-bond acceptors (Lipinski definition) is 4. The zero-order valence-corrected chi connectivity index (χ0v) is 25.9. The molecule has 44 heavy (non-hydrogen) atoms. The summed E-state index contributed by atoms with van der Waals surface area (Å²) in [6, 6.07) is 34.4. The van der Waals surface area contributed by atoms with Gasteiger partial charge in [-0.05, 0) is 38.1 Å². The zero-order chi connectivity index (χ0) is 30.2. The number of rotatable bonds is 8. The Morgan fingerprint density at radius 3 is 1.30 bits per heavy atom. The Morgan fingerprint density at radius 1 is 0.523 bits per heavy atom. The first kappa shape index (κ1) is 28.3. The van der Waals surface area contributed by atoms with Gasteiger partial charge in [0.15, 0.2) is 0 Å². The van der Waals surface area contributed by atoms with E-state index in [1.807, 2.05) is 0 Å². The van der Waals surface area contributed by atoms with E-state index in [9.17, 15) is 0 Å². The van der Waals surface area contributed by atoms with E-state index in [0.29, 0.717) is 0 Å². The smallest absolute Gasteiger partial charge is 0.123 e. The summed E-state index contributed by atoms with van der Waals surface area (Å²) in [5.74, 6) is 1.84. The van der Waals surface area contributed by atoms with Crippen LogP contribution in [0.5, 0.6) is 11.5 Å². The molecule has 0 spiro atoms. The zero-order valence-electron chi connectivity index (χ0n) is 25.9. The van der Waals surface area contributed by atoms with Gasteiger partial charge in [0.25, 0.3) is 0 Å². The third kappa shape index (κ3) is 4.84. The molecule has 2 atom stereocenters. The molecule has 224 valence electrons. The summed E-state index contributed by atoms with van der Waals surface area (Å²) in [6.07, 6.45) is 0. The molecule has 1 saturated heterocycles. The Balaban J connectivity index is 1.29. The summed E-state index contributed by atoms with van der Waals surface area (Å²) in [7, 11) is 3.55. The highest BCUT2D eigenvalue weighted by Crippen LogP contribution is 2.43. The molecule has 3 heterocycles. The fraction of sp³-hybridized carbons (Fsp3) is 0.263. The Labute approximate surface area is 259 Å². The summed E-state index contributed by atoms with van der Waals surface area (Å²) in [4.78, 5) is 12.6. The number of nitrogens with zero attached hydrogens (tertiary/aromatic N) is 2. The molecule has 0 aliphatic carbocycles. The van der Waals surface area contributed by atoms with Gasteiger partial charge in [0.05, 0.1) is 26.3 Å². The molecule has 0 bridgehead atoms. The number of piperazine rings is 1. The molecule has 7 rings (SSSR count). The summed E-state index contributed by atoms with van der Waals surface area (Å²) >= 11 is 0. The SMILES string of the molecule is COc1ccccc1[C@H](c1c(C)[nH]c2ccccc12)N1CCN([C@H](c2ccccc2OC)c2c(C)[nH]c3ccccc23)CC1. The van der Waals surface area contributed by atoms with Crippen LogP contribution in [0.3, 0.4) is 0 Å². The van der Waals surface area contributed by atoms with Gasteiger partial charge in [-0.15, -0.1) is 0 Å². The molecule has 1 aliphatic heterocycles. The van der Waals surface area contributed by atoms with Crippen LogP contribution in [0.1, 0.15) is 45.7 Å². The van der Waals surface area contributed by atoms with Gasteiger partial charge in [0.2, 0.25) is 0 Å². The van der Waals surface area contributed by atoms with Crippen molar-refractivity contribution >= 4 is 21.8 Å². The number of para-hydroxylation sites is 4. The Morgan fingerprint density at radius 2 is 0.886 bits per heavy atom. The third-order valence-electron chi connectivity index (χ3n) is 9.38. The molecule has 6 aromatic rings. The van der Waals surface area contributed by atoms with E-state index in [0.717, 1.165) is 37.7 Å². The number of aromatic nitrogens is 2. The van der Waals surface area contributed by atoms with Crippen LogP contribution >= 0.6 is 0 Å². The first-order valence-electron chi connectivity index (χ1n) is 15.5. The number of H-pyrrole nitrogens is 2. The van der Waals surface area contributed by atoms with Crippen molar-refractivity contribution in [3.8, 4) is 11.5 Å². The minimum atomic E-state index is 0.0592. The van der Waals surface area contributed by atoms with E-state index in [1.165, 1.54) is 55.4 Å². The van der Waals surface area contributed by atoms with E-state index < -0.39 is 0 Å². The van der Waals surface area contributed by atoms with Crippen LogP contribution in [0.25, 0.3) is 21.8 Å². The van der Waals surface area contributed by atoms with Gasteiger partial charge in [-0.1, -0.05) is 72.8 Å². The number of benzene rings is 4. The molecule has 6 nitrogen and oxygen atoms in total. The number of hydrogen-bond donors (Lipinski definition) is 2. The van der Waals surface area contributed by atoms with Gasteiger partial charge >= 0.3 is 0 Å². The predicted molar refractivity (Wildman–Crippen MR) is 179 cm³/mol. The number of methoxy groups -OCH3 is 2. The van der Waals surface area contributed by atoms with Gasteiger partial charge < -0.3 is 19.4 Å². The maximum Gasteiger partial charge on any atom is 0.123 e. The van der Waals surface area contributed by atoms with Gasteiger partial charge in [-0.3, -0.25) is 9.80 Å². The fourth-order valence-corrected chi connectivity index (χ4v) is 7.41. The highest BCUT2D eigenvalue weighted by molar-refractivity contribution is 5.86. The topological polar surface area (TPSA) is 56.5 Å². The van der Waals surface area contributed by atoms with E-state index in [1.54, 1.807) is 14.2 Å². The standard InChI is InChI=1S/C38H40N4O2/c1-25-35(27-13-5-9-17-31(27)39-25)37(29-15-7-11-19-33(29)43-3)41-21-23-42(24-22-41)38(30-16-8-12-20-34(30)44-4)36-26(2)40-32-18-10-6-14-28(32)36/h5-20,37-40H,21-24H2,1-4H3/t37-,38-/m1/s1. The van der Waals surface area contributed by atoms with Crippen molar-refractivity contribution in [2.75, 3.05) is 40.4 Å². The van der Waals surface area contributed by atoms with Gasteiger partial charge in [-0.2, -0.15) is 0 Å². The maximum absolute atomic E-state index is 5.95. The van der Waals surface area contributed by atoms with Crippen LogP contribution in [-0.2, 0) is 0 Å². The summed E-state index contributed by atoms with van der Waals surface area (Å²) in [6.45, 7) is 8.05. The predicted octanol–water partition coefficient (Wildman–Crippen LogP) is 7.78. The van der Waals surface area contributed by atoms with E-state index in [-0.39, 0.29) is 12.1 Å². The Hall–Kier alpha value is -4.52. The molecule has 0 unspecified atom stereocenters. The third-order valence-corrected chi connectivity index (χ3v) is 9.38. The molecule has 0 radical (unpaired) electrons. The van der Waals surface area contributed by atoms with Crippen molar-refractivity contribution in [3.63, 3.8) is 0 Å². The van der Waals surface area contributed by atoms with Crippen molar-refractivity contribution in [2.24, 2.45) is 0 Å². The normalized spacial score (nSPS) is 15.9. The molecule has 4 aromatic carbocycles. The van der Waals surface area contributed by atoms with Crippen LogP contribution < -0.4 is 9.47 Å². The highest BCUT2D eigenvalue weighted by atomic mass is 16.5. The molecule has 1 aliphatic rings. The number of fused-ring (bicyclic) bond motifs is 2. The van der Waals surface area contributed by atoms with Crippen molar-refractivity contribution in [2.45, 2.75) is 25.9 Å². The molecule has 0 saturated carbocycles. The molecule has 1 fully saturated rings. The molecular weight excluding hydrogens is 544 g/mol. The molecule has 2 N–H and O–H groups in total. The van der Waals surface area contributed by atoms with E-state index in [4.69, 9.17) is 9.47 Å². The maximum atomic E-state index is 5.95. The lowest BCUT2D eigenvalue weighted by Crippen LogP contribution is -2.49. The highest BCUT2D eigenvalue weighted by Gasteiger charge is 2.35. The summed E-state index contributed by atoms with van der Waals surface area (Å²) in [5.41, 5.74) is 9.79. The van der Waals surface area contributed by atoms with Crippen LogP contribution in [0, 0.1) is 13.8 Å². The van der Waals surface area contributed by atoms with Crippen molar-refractivity contribution in [3.05, 3.63) is 131 Å². The van der Waals surface area contributed by atoms with Crippen LogP contribution in [0.4, 0.5) is 0 Å². The average Bonchev–Trinajstić information content (AvgIpc) is 3.58. The minimum absolute atomic E-state index is 0.0592. The largest absolute Gasteiger partial charge is 0.496 e. The lowest BCUT2D eigenvalue weighted by Gasteiger charge is -2.43. The number of ether oxygens (including phenoxy) is 2. The number of nitrogens with one attached hydrogen (secondary N) is 2. The van der Waals surface area contributed by atoms with E-state index in [2.05, 4.69) is 131 Å². The molecule has 2 aromatic heterocycles. The number of aryl methyl sites for hydroxylation is 2. The van der Waals surface area contributed by atoms with Crippen molar-refractivity contribution < 1.29 is 9.47 Å². The second kappa shape index (κ2) is 11.9. The lowest BCUT2D eigenvalue weighted by atomic mass is 9.91. The van der Waals surface area contributed by atoms with Gasteiger partial charge in [0, 0.05) is 81.6 Å². The van der Waals surface area contributed by atoms with E-state index >= 15 is 0 Å². The lowest BCUT2D eigenvalue weighted by molar-refractivity contribution is 0.0887. The molecular formula is C38H40N4O2. The van der Waals surface area contributed by atoms with Gasteiger partial charge in [-0.25, -0.2) is 0 Å². The Kier molecular flexibility index (Phi) is 7.62. The minimum Gasteiger partial charge on any atom is -0.496 e. The monoisotopic (exact) mass is 584 g/mol. The van der Waals surface area contributed by atoms with Gasteiger partial charge in [0.1, 0.15) is 11.5 Å². The van der Waals surface area contributed by atoms with Crippen LogP contribution in [0.2, 0.25) is 0 Å². The number of aromatic amines is 2. The van der Waals surface area contributed by atoms with Crippen molar-refractivity contribution in [1.29, 1.82) is 0 Å². The first-order valence-corrected chi connectivity index (χ1v) is 15.5. The summed E-state index contributed by atoms with van der Waals surface area (Å²) < 4.78 is 11.9. The van der Waals surface area contributed by atoms with Crippen LogP contribution in [-0.4, -0.2) is 60.2 Å². The average molecular weight is 585 g/mol.